The van der Waals surface area contributed by atoms with Crippen molar-refractivity contribution >= 4 is 23.3 Å². The SMILES string of the molecule is O=C(/C=C/c1nccs1)N1CCC[C@H]1CCc1ccccc1. The molecule has 2 heterocycles. The van der Waals surface area contributed by atoms with E-state index in [2.05, 4.69) is 29.2 Å². The van der Waals surface area contributed by atoms with Crippen LogP contribution in [0.2, 0.25) is 0 Å². The maximum Gasteiger partial charge on any atom is 0.246 e. The van der Waals surface area contributed by atoms with Gasteiger partial charge in [0, 0.05) is 30.2 Å². The number of thiazole rings is 1. The van der Waals surface area contributed by atoms with Crippen LogP contribution in [0.3, 0.4) is 0 Å². The molecule has 22 heavy (non-hydrogen) atoms. The third-order valence-corrected chi connectivity index (χ3v) is 4.83. The molecular formula is C18H20N2OS. The van der Waals surface area contributed by atoms with Crippen LogP contribution in [-0.2, 0) is 11.2 Å². The highest BCUT2D eigenvalue weighted by Gasteiger charge is 2.26. The van der Waals surface area contributed by atoms with Gasteiger partial charge in [-0.05, 0) is 37.3 Å². The number of hydrogen-bond donors (Lipinski definition) is 0. The second kappa shape index (κ2) is 7.36. The third-order valence-electron chi connectivity index (χ3n) is 4.09. The van der Waals surface area contributed by atoms with Gasteiger partial charge in [-0.15, -0.1) is 11.3 Å². The zero-order valence-electron chi connectivity index (χ0n) is 12.5. The minimum absolute atomic E-state index is 0.116. The van der Waals surface area contributed by atoms with Crippen LogP contribution in [0.4, 0.5) is 0 Å². The number of benzene rings is 1. The van der Waals surface area contributed by atoms with E-state index in [1.807, 2.05) is 22.4 Å². The molecule has 0 unspecified atom stereocenters. The fourth-order valence-corrected chi connectivity index (χ4v) is 3.49. The van der Waals surface area contributed by atoms with Crippen LogP contribution in [0.15, 0.2) is 48.0 Å². The second-order valence-corrected chi connectivity index (χ2v) is 6.48. The number of aromatic nitrogens is 1. The molecule has 1 saturated heterocycles. The van der Waals surface area contributed by atoms with E-state index in [-0.39, 0.29) is 5.91 Å². The van der Waals surface area contributed by atoms with Crippen molar-refractivity contribution in [3.8, 4) is 0 Å². The van der Waals surface area contributed by atoms with Crippen molar-refractivity contribution in [2.24, 2.45) is 0 Å². The Morgan fingerprint density at radius 3 is 3.00 bits per heavy atom. The average molecular weight is 312 g/mol. The molecule has 4 heteroatoms. The van der Waals surface area contributed by atoms with Gasteiger partial charge in [0.1, 0.15) is 5.01 Å². The van der Waals surface area contributed by atoms with Crippen molar-refractivity contribution in [3.63, 3.8) is 0 Å². The zero-order valence-corrected chi connectivity index (χ0v) is 13.3. The fourth-order valence-electron chi connectivity index (χ4n) is 2.96. The maximum atomic E-state index is 12.4. The molecule has 1 aromatic carbocycles. The normalized spacial score (nSPS) is 18.2. The maximum absolute atomic E-state index is 12.4. The van der Waals surface area contributed by atoms with Gasteiger partial charge >= 0.3 is 0 Å². The molecule has 1 aliphatic heterocycles. The minimum Gasteiger partial charge on any atom is -0.336 e. The Kier molecular flexibility index (Phi) is 5.01. The Labute approximate surface area is 135 Å². The van der Waals surface area contributed by atoms with Crippen molar-refractivity contribution in [2.45, 2.75) is 31.7 Å². The fraction of sp³-hybridized carbons (Fsp3) is 0.333. The van der Waals surface area contributed by atoms with Gasteiger partial charge in [-0.2, -0.15) is 0 Å². The van der Waals surface area contributed by atoms with E-state index in [1.54, 1.807) is 23.6 Å². The standard InChI is InChI=1S/C18H20N2OS/c21-18(11-10-17-19-12-14-22-17)20-13-4-7-16(20)9-8-15-5-2-1-3-6-15/h1-3,5-6,10-12,14,16H,4,7-9,13H2/b11-10+/t16-/m0/s1. The number of likely N-dealkylation sites (tertiary alicyclic amines) is 1. The third kappa shape index (κ3) is 3.83. The monoisotopic (exact) mass is 312 g/mol. The summed E-state index contributed by atoms with van der Waals surface area (Å²) in [7, 11) is 0. The lowest BCUT2D eigenvalue weighted by atomic mass is 10.0. The summed E-state index contributed by atoms with van der Waals surface area (Å²) < 4.78 is 0. The first-order chi connectivity index (χ1) is 10.8. The van der Waals surface area contributed by atoms with E-state index < -0.39 is 0 Å². The first kappa shape index (κ1) is 15.0. The Hall–Kier alpha value is -1.94. The summed E-state index contributed by atoms with van der Waals surface area (Å²) in [5.74, 6) is 0.116. The Morgan fingerprint density at radius 2 is 2.23 bits per heavy atom. The second-order valence-electron chi connectivity index (χ2n) is 5.56. The van der Waals surface area contributed by atoms with E-state index in [1.165, 1.54) is 5.56 Å². The van der Waals surface area contributed by atoms with Gasteiger partial charge in [0.15, 0.2) is 0 Å². The first-order valence-corrected chi connectivity index (χ1v) is 8.63. The molecule has 1 aliphatic rings. The van der Waals surface area contributed by atoms with Gasteiger partial charge < -0.3 is 4.90 Å². The van der Waals surface area contributed by atoms with Crippen LogP contribution in [0.5, 0.6) is 0 Å². The smallest absolute Gasteiger partial charge is 0.246 e. The summed E-state index contributed by atoms with van der Waals surface area (Å²) >= 11 is 1.55. The van der Waals surface area contributed by atoms with Gasteiger partial charge in [-0.1, -0.05) is 30.3 Å². The minimum atomic E-state index is 0.116. The first-order valence-electron chi connectivity index (χ1n) is 7.75. The molecule has 3 nitrogen and oxygen atoms in total. The predicted octanol–water partition coefficient (Wildman–Crippen LogP) is 3.78. The molecule has 0 aliphatic carbocycles. The lowest BCUT2D eigenvalue weighted by molar-refractivity contribution is -0.126. The molecule has 0 radical (unpaired) electrons. The number of carbonyl (C=O) groups is 1. The molecule has 1 amide bonds. The molecule has 0 bridgehead atoms. The number of aryl methyl sites for hydroxylation is 1. The van der Waals surface area contributed by atoms with Crippen molar-refractivity contribution in [3.05, 3.63) is 58.6 Å². The highest BCUT2D eigenvalue weighted by atomic mass is 32.1. The molecule has 0 spiro atoms. The number of rotatable bonds is 5. The van der Waals surface area contributed by atoms with Crippen LogP contribution in [-0.4, -0.2) is 28.4 Å². The van der Waals surface area contributed by atoms with Gasteiger partial charge in [-0.3, -0.25) is 4.79 Å². The summed E-state index contributed by atoms with van der Waals surface area (Å²) in [5, 5.41) is 2.80. The summed E-state index contributed by atoms with van der Waals surface area (Å²) in [5.41, 5.74) is 1.35. The summed E-state index contributed by atoms with van der Waals surface area (Å²) in [6, 6.07) is 10.9. The van der Waals surface area contributed by atoms with Crippen LogP contribution >= 0.6 is 11.3 Å². The molecule has 1 atom stereocenters. The highest BCUT2D eigenvalue weighted by Crippen LogP contribution is 2.22. The molecule has 1 aromatic heterocycles. The quantitative estimate of drug-likeness (QED) is 0.787. The van der Waals surface area contributed by atoms with E-state index in [4.69, 9.17) is 0 Å². The van der Waals surface area contributed by atoms with Gasteiger partial charge in [0.05, 0.1) is 0 Å². The van der Waals surface area contributed by atoms with E-state index in [9.17, 15) is 4.79 Å². The summed E-state index contributed by atoms with van der Waals surface area (Å²) in [6.45, 7) is 0.875. The van der Waals surface area contributed by atoms with E-state index in [0.717, 1.165) is 37.2 Å². The Bertz CT molecular complexity index is 622. The lowest BCUT2D eigenvalue weighted by Gasteiger charge is -2.23. The van der Waals surface area contributed by atoms with Gasteiger partial charge in [0.25, 0.3) is 0 Å². The number of carbonyl (C=O) groups excluding carboxylic acids is 1. The van der Waals surface area contributed by atoms with Crippen LogP contribution in [0, 0.1) is 0 Å². The topological polar surface area (TPSA) is 33.2 Å². The molecule has 2 aromatic rings. The van der Waals surface area contributed by atoms with Crippen molar-refractivity contribution in [2.75, 3.05) is 6.54 Å². The zero-order chi connectivity index (χ0) is 15.2. The van der Waals surface area contributed by atoms with E-state index >= 15 is 0 Å². The molecule has 0 saturated carbocycles. The number of amides is 1. The molecule has 3 rings (SSSR count). The lowest BCUT2D eigenvalue weighted by Crippen LogP contribution is -2.34. The van der Waals surface area contributed by atoms with Crippen LogP contribution in [0.25, 0.3) is 6.08 Å². The largest absolute Gasteiger partial charge is 0.336 e. The van der Waals surface area contributed by atoms with Crippen LogP contribution < -0.4 is 0 Å². The molecule has 114 valence electrons. The summed E-state index contributed by atoms with van der Waals surface area (Å²) in [6.07, 6.45) is 9.54. The number of hydrogen-bond acceptors (Lipinski definition) is 3. The van der Waals surface area contributed by atoms with Crippen LogP contribution in [0.1, 0.15) is 29.8 Å². The highest BCUT2D eigenvalue weighted by molar-refractivity contribution is 7.10. The van der Waals surface area contributed by atoms with Gasteiger partial charge in [-0.25, -0.2) is 4.98 Å². The average Bonchev–Trinajstić information content (AvgIpc) is 3.23. The Balaban J connectivity index is 1.57. The summed E-state index contributed by atoms with van der Waals surface area (Å²) in [4.78, 5) is 18.6. The predicted molar refractivity (Wildman–Crippen MR) is 90.6 cm³/mol. The molecular weight excluding hydrogens is 292 g/mol. The number of nitrogens with zero attached hydrogens (tertiary/aromatic N) is 2. The molecule has 0 N–H and O–H groups in total. The van der Waals surface area contributed by atoms with Gasteiger partial charge in [0.2, 0.25) is 5.91 Å². The van der Waals surface area contributed by atoms with Crippen molar-refractivity contribution < 1.29 is 4.79 Å². The Morgan fingerprint density at radius 1 is 1.36 bits per heavy atom. The van der Waals surface area contributed by atoms with Crippen molar-refractivity contribution in [1.29, 1.82) is 0 Å². The van der Waals surface area contributed by atoms with Crippen molar-refractivity contribution in [1.82, 2.24) is 9.88 Å². The van der Waals surface area contributed by atoms with E-state index in [0.29, 0.717) is 6.04 Å². The molecule has 1 fully saturated rings.